The molecule has 3 nitrogen and oxygen atoms in total. The van der Waals surface area contributed by atoms with E-state index < -0.39 is 27.1 Å². The van der Waals surface area contributed by atoms with Gasteiger partial charge in [-0.2, -0.15) is 17.6 Å². The number of hydrogen-bond acceptors (Lipinski definition) is 3. The van der Waals surface area contributed by atoms with Gasteiger partial charge in [0.1, 0.15) is 0 Å². The third-order valence-electron chi connectivity index (χ3n) is 1.14. The zero-order valence-corrected chi connectivity index (χ0v) is 5.67. The first-order valence-electron chi connectivity index (χ1n) is 2.32. The van der Waals surface area contributed by atoms with Crippen molar-refractivity contribution in [1.82, 2.24) is 0 Å². The Morgan fingerprint density at radius 1 is 1.36 bits per heavy atom. The summed E-state index contributed by atoms with van der Waals surface area (Å²) < 4.78 is 70.4. The molecule has 66 valence electrons. The van der Waals surface area contributed by atoms with E-state index in [9.17, 15) is 26.0 Å². The van der Waals surface area contributed by atoms with Crippen molar-refractivity contribution in [2.24, 2.45) is 0 Å². The molecule has 0 aromatic heterocycles. The summed E-state index contributed by atoms with van der Waals surface area (Å²) in [4.78, 5) is 0. The van der Waals surface area contributed by atoms with Gasteiger partial charge in [0.05, 0.1) is 0 Å². The Hall–Kier alpha value is -0.370. The van der Waals surface area contributed by atoms with Crippen LogP contribution >= 0.6 is 0 Å². The van der Waals surface area contributed by atoms with Crippen molar-refractivity contribution in [3.63, 3.8) is 0 Å². The molecule has 1 aliphatic heterocycles. The number of halogens is 4. The van der Waals surface area contributed by atoms with Crippen molar-refractivity contribution in [2.75, 3.05) is 5.94 Å². The highest BCUT2D eigenvalue weighted by Crippen LogP contribution is 2.45. The molecule has 0 bridgehead atoms. The molecule has 0 radical (unpaired) electrons. The Labute approximate surface area is 58.9 Å². The maximum atomic E-state index is 12.3. The van der Waals surface area contributed by atoms with Crippen molar-refractivity contribution in [1.29, 1.82) is 0 Å². The Morgan fingerprint density at radius 2 is 1.82 bits per heavy atom. The average Bonchev–Trinajstić information content (AvgIpc) is 1.81. The molecular formula is C3H2F4O3S. The molecule has 1 heterocycles. The second-order valence-corrected chi connectivity index (χ2v) is 3.90. The SMILES string of the molecule is O=S1(=O)COC1(F)C(F)(F)F. The van der Waals surface area contributed by atoms with Crippen molar-refractivity contribution in [3.8, 4) is 0 Å². The van der Waals surface area contributed by atoms with Gasteiger partial charge >= 0.3 is 11.4 Å². The summed E-state index contributed by atoms with van der Waals surface area (Å²) in [6.45, 7) is 0. The largest absolute Gasteiger partial charge is 0.464 e. The zero-order chi connectivity index (χ0) is 8.91. The highest BCUT2D eigenvalue weighted by Gasteiger charge is 2.73. The molecule has 1 rings (SSSR count). The molecule has 1 aliphatic rings. The Balaban J connectivity index is 3.05. The molecule has 8 heteroatoms. The Bertz CT molecular complexity index is 267. The predicted molar refractivity (Wildman–Crippen MR) is 24.8 cm³/mol. The number of ether oxygens (including phenoxy) is 1. The van der Waals surface area contributed by atoms with Gasteiger partial charge in [-0.3, -0.25) is 0 Å². The monoisotopic (exact) mass is 194 g/mol. The van der Waals surface area contributed by atoms with Crippen LogP contribution in [0.5, 0.6) is 0 Å². The van der Waals surface area contributed by atoms with Gasteiger partial charge in [-0.25, -0.2) is 8.42 Å². The first-order chi connectivity index (χ1) is 4.71. The van der Waals surface area contributed by atoms with Gasteiger partial charge in [0.25, 0.3) is 0 Å². The van der Waals surface area contributed by atoms with Crippen LogP contribution in [0.3, 0.4) is 0 Å². The minimum Gasteiger partial charge on any atom is -0.310 e. The van der Waals surface area contributed by atoms with E-state index in [0.717, 1.165) is 0 Å². The lowest BCUT2D eigenvalue weighted by Crippen LogP contribution is -2.59. The van der Waals surface area contributed by atoms with E-state index in [0.29, 0.717) is 0 Å². The molecule has 0 amide bonds. The Kier molecular flexibility index (Phi) is 1.48. The van der Waals surface area contributed by atoms with Crippen molar-refractivity contribution >= 4 is 9.84 Å². The maximum absolute atomic E-state index is 12.3. The summed E-state index contributed by atoms with van der Waals surface area (Å²) in [5.41, 5.74) is 0. The molecule has 0 N–H and O–H groups in total. The van der Waals surface area contributed by atoms with Gasteiger partial charge < -0.3 is 4.74 Å². The second kappa shape index (κ2) is 1.86. The third-order valence-corrected chi connectivity index (χ3v) is 2.72. The van der Waals surface area contributed by atoms with E-state index in [2.05, 4.69) is 4.74 Å². The lowest BCUT2D eigenvalue weighted by Gasteiger charge is -2.34. The van der Waals surface area contributed by atoms with E-state index in [-0.39, 0.29) is 0 Å². The van der Waals surface area contributed by atoms with Crippen molar-refractivity contribution in [3.05, 3.63) is 0 Å². The fourth-order valence-electron chi connectivity index (χ4n) is 0.517. The lowest BCUT2D eigenvalue weighted by molar-refractivity contribution is -0.300. The molecule has 0 saturated carbocycles. The quantitative estimate of drug-likeness (QED) is 0.529. The van der Waals surface area contributed by atoms with Gasteiger partial charge in [-0.1, -0.05) is 0 Å². The van der Waals surface area contributed by atoms with Crippen LogP contribution < -0.4 is 0 Å². The molecule has 0 aromatic carbocycles. The summed E-state index contributed by atoms with van der Waals surface area (Å²) in [5, 5.41) is -4.47. The molecule has 0 aliphatic carbocycles. The second-order valence-electron chi connectivity index (χ2n) is 1.91. The number of hydrogen-bond donors (Lipinski definition) is 0. The van der Waals surface area contributed by atoms with Crippen LogP contribution in [-0.4, -0.2) is 25.7 Å². The van der Waals surface area contributed by atoms with Gasteiger partial charge in [0.2, 0.25) is 9.84 Å². The van der Waals surface area contributed by atoms with Crippen LogP contribution in [0, 0.1) is 0 Å². The van der Waals surface area contributed by atoms with E-state index >= 15 is 0 Å². The minimum atomic E-state index is -5.51. The highest BCUT2D eigenvalue weighted by molar-refractivity contribution is 7.93. The van der Waals surface area contributed by atoms with Gasteiger partial charge in [-0.05, 0) is 0 Å². The molecule has 0 aromatic rings. The standard InChI is InChI=1S/C3H2F4O3S/c4-2(5,6)3(7)10-1-11(3,8)9/h1H2. The highest BCUT2D eigenvalue weighted by atomic mass is 32.2. The molecule has 1 saturated heterocycles. The normalized spacial score (nSPS) is 36.4. The lowest BCUT2D eigenvalue weighted by atomic mass is 10.6. The number of sulfone groups is 1. The smallest absolute Gasteiger partial charge is 0.310 e. The topological polar surface area (TPSA) is 43.4 Å². The number of rotatable bonds is 0. The van der Waals surface area contributed by atoms with E-state index in [4.69, 9.17) is 0 Å². The van der Waals surface area contributed by atoms with Crippen LogP contribution in [-0.2, 0) is 14.6 Å². The first kappa shape index (κ1) is 8.72. The van der Waals surface area contributed by atoms with Gasteiger partial charge in [0.15, 0.2) is 5.94 Å². The van der Waals surface area contributed by atoms with Gasteiger partial charge in [0, 0.05) is 0 Å². The molecule has 1 fully saturated rings. The first-order valence-corrected chi connectivity index (χ1v) is 3.98. The molecule has 1 unspecified atom stereocenters. The van der Waals surface area contributed by atoms with Crippen LogP contribution in [0.25, 0.3) is 0 Å². The average molecular weight is 194 g/mol. The minimum absolute atomic E-state index is 1.22. The fourth-order valence-corrected chi connectivity index (χ4v) is 1.39. The summed E-state index contributed by atoms with van der Waals surface area (Å²) in [6, 6.07) is 0. The molecule has 1 atom stereocenters. The molecular weight excluding hydrogens is 192 g/mol. The molecule has 0 spiro atoms. The van der Waals surface area contributed by atoms with Crippen LogP contribution in [0.1, 0.15) is 0 Å². The Morgan fingerprint density at radius 3 is 1.82 bits per heavy atom. The summed E-state index contributed by atoms with van der Waals surface area (Å²) >= 11 is 0. The van der Waals surface area contributed by atoms with Crippen molar-refractivity contribution < 1.29 is 30.7 Å². The third kappa shape index (κ3) is 0.924. The maximum Gasteiger partial charge on any atom is 0.464 e. The van der Waals surface area contributed by atoms with E-state index in [1.54, 1.807) is 0 Å². The zero-order valence-electron chi connectivity index (χ0n) is 4.85. The molecule has 11 heavy (non-hydrogen) atoms. The fraction of sp³-hybridized carbons (Fsp3) is 1.00. The number of alkyl halides is 4. The summed E-state index contributed by atoms with van der Waals surface area (Å²) in [7, 11) is -4.79. The van der Waals surface area contributed by atoms with Crippen molar-refractivity contribution in [2.45, 2.75) is 11.4 Å². The van der Waals surface area contributed by atoms with Gasteiger partial charge in [-0.15, -0.1) is 0 Å². The van der Waals surface area contributed by atoms with Crippen LogP contribution in [0.2, 0.25) is 0 Å². The van der Waals surface area contributed by atoms with E-state index in [1.807, 2.05) is 0 Å². The van der Waals surface area contributed by atoms with Crippen LogP contribution in [0.15, 0.2) is 0 Å². The predicted octanol–water partition coefficient (Wildman–Crippen LogP) is 0.575. The summed E-state index contributed by atoms with van der Waals surface area (Å²) in [5.74, 6) is -1.22. The summed E-state index contributed by atoms with van der Waals surface area (Å²) in [6.07, 6.45) is -5.51. The van der Waals surface area contributed by atoms with Crippen LogP contribution in [0.4, 0.5) is 17.6 Å². The van der Waals surface area contributed by atoms with E-state index in [1.165, 1.54) is 0 Å².